The molecule has 1 atom stereocenters. The van der Waals surface area contributed by atoms with Crippen molar-refractivity contribution in [1.29, 1.82) is 0 Å². The van der Waals surface area contributed by atoms with Gasteiger partial charge in [0.05, 0.1) is 11.1 Å². The first kappa shape index (κ1) is 17.4. The number of ether oxygens (including phenoxy) is 1. The third-order valence-corrected chi connectivity index (χ3v) is 5.35. The SMILES string of the molecule is CCCCC[C@H](C)N1C(=O)c2ccc3c4c(ccc(c24)C1=O)C(=O)OC3=O. The molecule has 0 unspecified atom stereocenters. The molecule has 0 radical (unpaired) electrons. The second-order valence-electron chi connectivity index (χ2n) is 7.07. The van der Waals surface area contributed by atoms with Crippen molar-refractivity contribution in [3.05, 3.63) is 46.5 Å². The van der Waals surface area contributed by atoms with E-state index in [-0.39, 0.29) is 29.0 Å². The predicted octanol–water partition coefficient (Wildman–Crippen LogP) is 3.72. The first-order valence-corrected chi connectivity index (χ1v) is 9.19. The molecule has 2 heterocycles. The van der Waals surface area contributed by atoms with Gasteiger partial charge < -0.3 is 4.74 Å². The Balaban J connectivity index is 1.87. The molecule has 138 valence electrons. The number of esters is 2. The van der Waals surface area contributed by atoms with Gasteiger partial charge in [-0.25, -0.2) is 9.59 Å². The summed E-state index contributed by atoms with van der Waals surface area (Å²) in [5.41, 5.74) is 1.09. The van der Waals surface area contributed by atoms with E-state index in [9.17, 15) is 19.2 Å². The summed E-state index contributed by atoms with van der Waals surface area (Å²) >= 11 is 0. The van der Waals surface area contributed by atoms with E-state index in [0.717, 1.165) is 25.7 Å². The molecule has 27 heavy (non-hydrogen) atoms. The minimum absolute atomic E-state index is 0.204. The molecule has 0 bridgehead atoms. The van der Waals surface area contributed by atoms with Crippen LogP contribution in [0.4, 0.5) is 0 Å². The van der Waals surface area contributed by atoms with Crippen LogP contribution < -0.4 is 0 Å². The molecule has 2 aliphatic heterocycles. The van der Waals surface area contributed by atoms with E-state index in [1.165, 1.54) is 17.0 Å². The molecule has 2 aliphatic rings. The Hall–Kier alpha value is -3.02. The third-order valence-electron chi connectivity index (χ3n) is 5.35. The Morgan fingerprint density at radius 3 is 1.81 bits per heavy atom. The maximum absolute atomic E-state index is 13.1. The largest absolute Gasteiger partial charge is 0.386 e. The lowest BCUT2D eigenvalue weighted by atomic mass is 9.87. The summed E-state index contributed by atoms with van der Waals surface area (Å²) < 4.78 is 4.74. The molecular formula is C21H19NO5. The number of carbonyl (C=O) groups excluding carboxylic acids is 4. The molecule has 0 spiro atoms. The highest BCUT2D eigenvalue weighted by Crippen LogP contribution is 2.37. The Morgan fingerprint density at radius 2 is 1.30 bits per heavy atom. The first-order valence-electron chi connectivity index (χ1n) is 9.19. The van der Waals surface area contributed by atoms with Gasteiger partial charge in [-0.1, -0.05) is 26.2 Å². The van der Waals surface area contributed by atoms with Crippen LogP contribution in [-0.2, 0) is 4.74 Å². The van der Waals surface area contributed by atoms with Gasteiger partial charge in [0.15, 0.2) is 0 Å². The average Bonchev–Trinajstić information content (AvgIpc) is 2.64. The van der Waals surface area contributed by atoms with E-state index in [2.05, 4.69) is 6.92 Å². The number of carbonyl (C=O) groups is 4. The molecule has 0 saturated carbocycles. The zero-order chi connectivity index (χ0) is 19.3. The topological polar surface area (TPSA) is 80.8 Å². The van der Waals surface area contributed by atoms with Crippen molar-refractivity contribution >= 4 is 34.5 Å². The van der Waals surface area contributed by atoms with Crippen LogP contribution in [0.5, 0.6) is 0 Å². The minimum Gasteiger partial charge on any atom is -0.386 e. The van der Waals surface area contributed by atoms with Gasteiger partial charge in [-0.05, 0) is 37.6 Å². The molecule has 0 fully saturated rings. The maximum atomic E-state index is 13.1. The highest BCUT2D eigenvalue weighted by atomic mass is 16.6. The molecule has 2 amide bonds. The van der Waals surface area contributed by atoms with Gasteiger partial charge in [0, 0.05) is 27.9 Å². The van der Waals surface area contributed by atoms with Gasteiger partial charge in [-0.3, -0.25) is 14.5 Å². The zero-order valence-electron chi connectivity index (χ0n) is 15.2. The second kappa shape index (κ2) is 6.30. The van der Waals surface area contributed by atoms with Crippen molar-refractivity contribution in [2.24, 2.45) is 0 Å². The minimum atomic E-state index is -0.758. The normalized spacial score (nSPS) is 16.7. The summed E-state index contributed by atoms with van der Waals surface area (Å²) in [6.45, 7) is 3.98. The van der Waals surface area contributed by atoms with Gasteiger partial charge in [-0.15, -0.1) is 0 Å². The average molecular weight is 365 g/mol. The number of imide groups is 1. The highest BCUT2D eigenvalue weighted by Gasteiger charge is 2.39. The summed E-state index contributed by atoms with van der Waals surface area (Å²) in [5.74, 6) is -2.28. The predicted molar refractivity (Wildman–Crippen MR) is 97.8 cm³/mol. The standard InChI is InChI=1S/C21H19NO5/c1-3-4-5-6-11(2)22-18(23)12-7-9-14-17-15(21(26)27-20(14)25)10-8-13(16(12)17)19(22)24/h7-11H,3-6H2,1-2H3/t11-/m0/s1. The van der Waals surface area contributed by atoms with Crippen LogP contribution in [0.3, 0.4) is 0 Å². The number of nitrogens with zero attached hydrogens (tertiary/aromatic N) is 1. The molecule has 0 aromatic heterocycles. The first-order chi connectivity index (χ1) is 13.0. The second-order valence-corrected chi connectivity index (χ2v) is 7.07. The summed E-state index contributed by atoms with van der Waals surface area (Å²) in [4.78, 5) is 51.6. The number of rotatable bonds is 5. The molecule has 0 aliphatic carbocycles. The Morgan fingerprint density at radius 1 is 0.815 bits per heavy atom. The molecular weight excluding hydrogens is 346 g/mol. The number of benzene rings is 2. The van der Waals surface area contributed by atoms with Crippen molar-refractivity contribution in [2.75, 3.05) is 0 Å². The van der Waals surface area contributed by atoms with Crippen molar-refractivity contribution < 1.29 is 23.9 Å². The number of cyclic esters (lactones) is 2. The van der Waals surface area contributed by atoms with Gasteiger partial charge in [0.1, 0.15) is 0 Å². The van der Waals surface area contributed by atoms with Crippen LogP contribution in [0, 0.1) is 0 Å². The lowest BCUT2D eigenvalue weighted by Crippen LogP contribution is -2.46. The van der Waals surface area contributed by atoms with Crippen LogP contribution in [0.2, 0.25) is 0 Å². The van der Waals surface area contributed by atoms with Crippen LogP contribution in [0.1, 0.15) is 81.0 Å². The van der Waals surface area contributed by atoms with Crippen molar-refractivity contribution in [1.82, 2.24) is 4.90 Å². The van der Waals surface area contributed by atoms with Gasteiger partial charge in [0.25, 0.3) is 11.8 Å². The van der Waals surface area contributed by atoms with E-state index in [0.29, 0.717) is 21.9 Å². The van der Waals surface area contributed by atoms with Crippen LogP contribution in [0.25, 0.3) is 10.8 Å². The fourth-order valence-corrected chi connectivity index (χ4v) is 3.96. The van der Waals surface area contributed by atoms with Crippen molar-refractivity contribution in [3.8, 4) is 0 Å². The molecule has 0 saturated heterocycles. The number of hydrogen-bond acceptors (Lipinski definition) is 5. The van der Waals surface area contributed by atoms with Crippen LogP contribution in [-0.4, -0.2) is 34.7 Å². The van der Waals surface area contributed by atoms with Crippen molar-refractivity contribution in [3.63, 3.8) is 0 Å². The Bertz CT molecular complexity index is 954. The smallest absolute Gasteiger partial charge is 0.346 e. The molecule has 0 N–H and O–H groups in total. The van der Waals surface area contributed by atoms with E-state index in [4.69, 9.17) is 4.74 Å². The van der Waals surface area contributed by atoms with E-state index in [1.807, 2.05) is 6.92 Å². The molecule has 2 aromatic rings. The van der Waals surface area contributed by atoms with E-state index in [1.54, 1.807) is 12.1 Å². The fourth-order valence-electron chi connectivity index (χ4n) is 3.96. The maximum Gasteiger partial charge on any atom is 0.346 e. The summed E-state index contributed by atoms with van der Waals surface area (Å²) in [5, 5.41) is 0.716. The molecule has 2 aromatic carbocycles. The number of unbranched alkanes of at least 4 members (excludes halogenated alkanes) is 2. The molecule has 6 nitrogen and oxygen atoms in total. The van der Waals surface area contributed by atoms with Crippen LogP contribution in [0.15, 0.2) is 24.3 Å². The quantitative estimate of drug-likeness (QED) is 0.349. The lowest BCUT2D eigenvalue weighted by molar-refractivity contribution is 0.0387. The fraction of sp³-hybridized carbons (Fsp3) is 0.333. The highest BCUT2D eigenvalue weighted by molar-refractivity contribution is 6.31. The zero-order valence-corrected chi connectivity index (χ0v) is 15.2. The molecule has 4 rings (SSSR count). The van der Waals surface area contributed by atoms with Crippen molar-refractivity contribution in [2.45, 2.75) is 45.6 Å². The third kappa shape index (κ3) is 2.47. The molecule has 6 heteroatoms. The monoisotopic (exact) mass is 365 g/mol. The van der Waals surface area contributed by atoms with Gasteiger partial charge in [-0.2, -0.15) is 0 Å². The summed E-state index contributed by atoms with van der Waals surface area (Å²) in [6.07, 6.45) is 3.79. The lowest BCUT2D eigenvalue weighted by Gasteiger charge is -2.33. The summed E-state index contributed by atoms with van der Waals surface area (Å²) in [6, 6.07) is 5.85. The Labute approximate surface area is 156 Å². The van der Waals surface area contributed by atoms with E-state index < -0.39 is 11.9 Å². The number of amides is 2. The Kier molecular flexibility index (Phi) is 4.06. The van der Waals surface area contributed by atoms with Gasteiger partial charge in [0.2, 0.25) is 0 Å². The van der Waals surface area contributed by atoms with E-state index >= 15 is 0 Å². The van der Waals surface area contributed by atoms with Gasteiger partial charge >= 0.3 is 11.9 Å². The number of hydrogen-bond donors (Lipinski definition) is 0. The van der Waals surface area contributed by atoms with Crippen LogP contribution >= 0.6 is 0 Å². The summed E-state index contributed by atoms with van der Waals surface area (Å²) in [7, 11) is 0.